The Kier molecular flexibility index (Phi) is 84.2. The molecule has 0 bridgehead atoms. The first-order chi connectivity index (χ1) is 38.0. The van der Waals surface area contributed by atoms with Crippen LogP contribution in [0.25, 0.3) is 0 Å². The van der Waals surface area contributed by atoms with Gasteiger partial charge in [-0.05, 0) is 103 Å². The molecule has 0 N–H and O–H groups in total. The molecule has 8 nitrogen and oxygen atoms in total. The van der Waals surface area contributed by atoms with Crippen molar-refractivity contribution in [3.63, 3.8) is 0 Å². The summed E-state index contributed by atoms with van der Waals surface area (Å²) in [6, 6.07) is 75.0. The van der Waals surface area contributed by atoms with Crippen molar-refractivity contribution < 1.29 is 110 Å². The van der Waals surface area contributed by atoms with Crippen LogP contribution in [0.3, 0.4) is 0 Å². The van der Waals surface area contributed by atoms with Crippen LogP contribution < -0.4 is 37.7 Å². The number of ether oxygens (including phenoxy) is 8. The van der Waals surface area contributed by atoms with Crippen LogP contribution in [0.5, 0.6) is 0 Å². The molecule has 0 spiro atoms. The number of rotatable bonds is 0. The average Bonchev–Trinajstić information content (AvgIpc) is 4.37. The van der Waals surface area contributed by atoms with Gasteiger partial charge in [0.1, 0.15) is 0 Å². The van der Waals surface area contributed by atoms with Gasteiger partial charge in [0.2, 0.25) is 0 Å². The molecule has 8 heterocycles. The first kappa shape index (κ1) is 83.7. The first-order valence-electron chi connectivity index (χ1n) is 28.1. The van der Waals surface area contributed by atoms with Crippen molar-refractivity contribution in [1.29, 1.82) is 0 Å². The van der Waals surface area contributed by atoms with E-state index in [1.807, 2.05) is 182 Å². The summed E-state index contributed by atoms with van der Waals surface area (Å²) in [5.41, 5.74) is 0. The molecule has 0 saturated carbocycles. The predicted molar refractivity (Wildman–Crippen MR) is 312 cm³/mol. The van der Waals surface area contributed by atoms with E-state index < -0.39 is 0 Å². The van der Waals surface area contributed by atoms with Crippen LogP contribution in [0.15, 0.2) is 182 Å². The second kappa shape index (κ2) is 80.5. The molecule has 0 aliphatic carbocycles. The third-order valence-electron chi connectivity index (χ3n) is 10.3. The Hall–Kier alpha value is -2.77. The molecule has 8 saturated heterocycles. The van der Waals surface area contributed by atoms with Crippen LogP contribution in [0, 0.1) is 36.4 Å². The van der Waals surface area contributed by atoms with E-state index >= 15 is 0 Å². The van der Waals surface area contributed by atoms with Crippen LogP contribution >= 0.6 is 0 Å². The van der Waals surface area contributed by atoms with Gasteiger partial charge in [-0.25, -0.2) is 0 Å². The summed E-state index contributed by atoms with van der Waals surface area (Å²) in [7, 11) is 0. The number of hydrogen-bond acceptors (Lipinski definition) is 8. The summed E-state index contributed by atoms with van der Waals surface area (Å²) in [5, 5.41) is 0. The fourth-order valence-corrected chi connectivity index (χ4v) is 6.13. The van der Waals surface area contributed by atoms with Crippen LogP contribution in [-0.2, 0) is 72.0 Å². The molecule has 0 aromatic heterocycles. The van der Waals surface area contributed by atoms with Crippen LogP contribution in [0.4, 0.5) is 0 Å². The van der Waals surface area contributed by atoms with Gasteiger partial charge >= 0.3 is 71.9 Å². The van der Waals surface area contributed by atoms with E-state index in [0.717, 1.165) is 106 Å². The third kappa shape index (κ3) is 77.3. The molecule has 8 fully saturated rings. The van der Waals surface area contributed by atoms with Crippen LogP contribution in [0.1, 0.15) is 103 Å². The van der Waals surface area contributed by atoms with E-state index in [9.17, 15) is 0 Å². The molecule has 0 amide bonds. The second-order valence-corrected chi connectivity index (χ2v) is 17.0. The molecule has 14 rings (SSSR count). The molecule has 8 aliphatic heterocycles. The van der Waals surface area contributed by atoms with E-state index in [1.165, 1.54) is 103 Å². The van der Waals surface area contributed by atoms with Crippen LogP contribution in [-0.4, -0.2) is 106 Å². The zero-order valence-corrected chi connectivity index (χ0v) is 51.3. The van der Waals surface area contributed by atoms with Gasteiger partial charge in [0.15, 0.2) is 0 Å². The Morgan fingerprint density at radius 3 is 0.263 bits per heavy atom. The molecular weight excluding hydrogens is 1070 g/mol. The van der Waals surface area contributed by atoms with Gasteiger partial charge in [-0.15, -0.1) is 0 Å². The minimum atomic E-state index is 0. The summed E-state index contributed by atoms with van der Waals surface area (Å²) >= 11 is 0. The molecule has 0 unspecified atom stereocenters. The second-order valence-electron chi connectivity index (χ2n) is 17.0. The molecule has 12 heteroatoms. The van der Waals surface area contributed by atoms with E-state index in [-0.39, 0.29) is 71.9 Å². The van der Waals surface area contributed by atoms with Gasteiger partial charge in [-0.2, -0.15) is 218 Å². The van der Waals surface area contributed by atoms with E-state index in [1.54, 1.807) is 0 Å². The zero-order chi connectivity index (χ0) is 53.7. The van der Waals surface area contributed by atoms with Crippen molar-refractivity contribution in [1.82, 2.24) is 0 Å². The summed E-state index contributed by atoms with van der Waals surface area (Å²) in [6.45, 7) is 16.0. The summed E-state index contributed by atoms with van der Waals surface area (Å²) in [6.07, 6.45) is 20.4. The molecular formula is C68H94Li2Mn2O8. The van der Waals surface area contributed by atoms with E-state index in [4.69, 9.17) is 37.9 Å². The predicted octanol–water partition coefficient (Wildman–Crippen LogP) is 9.30. The van der Waals surface area contributed by atoms with Gasteiger partial charge in [-0.3, -0.25) is 0 Å². The van der Waals surface area contributed by atoms with Gasteiger partial charge in [-0.1, -0.05) is 0 Å². The van der Waals surface area contributed by atoms with Gasteiger partial charge in [0.05, 0.1) is 0 Å². The van der Waals surface area contributed by atoms with Gasteiger partial charge in [0, 0.05) is 106 Å². The smallest absolute Gasteiger partial charge is 0.381 e. The maximum Gasteiger partial charge on any atom is 2.00 e. The maximum atomic E-state index is 4.94. The minimum Gasteiger partial charge on any atom is -0.381 e. The average molecular weight is 1160 g/mol. The topological polar surface area (TPSA) is 73.8 Å². The molecule has 6 aromatic carbocycles. The summed E-state index contributed by atoms with van der Waals surface area (Å²) < 4.78 is 39.6. The molecule has 2 radical (unpaired) electrons. The van der Waals surface area contributed by atoms with E-state index in [0.29, 0.717) is 0 Å². The number of hydrogen-bond donors (Lipinski definition) is 0. The fourth-order valence-electron chi connectivity index (χ4n) is 6.13. The Morgan fingerprint density at radius 1 is 0.150 bits per heavy atom. The standard InChI is InChI=1S/6C6H5.8C4H8O.2Li.2Mn/c6*1-2-4-6-5-3-1;8*1-2-4-5-3-1;;;;/h6*1-5H;8*1-4H2;;;;/q6*-1;;;;;;;;;2*+1;2*+2. The summed E-state index contributed by atoms with van der Waals surface area (Å²) in [5.74, 6) is 0. The van der Waals surface area contributed by atoms with E-state index in [2.05, 4.69) is 36.4 Å². The van der Waals surface area contributed by atoms with Crippen molar-refractivity contribution in [2.24, 2.45) is 0 Å². The van der Waals surface area contributed by atoms with Crippen LogP contribution in [0.2, 0.25) is 0 Å². The normalized spacial score (nSPS) is 15.6. The number of benzene rings is 6. The Morgan fingerprint density at radius 2 is 0.237 bits per heavy atom. The zero-order valence-electron chi connectivity index (χ0n) is 49.0. The third-order valence-corrected chi connectivity index (χ3v) is 10.3. The first-order valence-corrected chi connectivity index (χ1v) is 28.1. The molecule has 80 heavy (non-hydrogen) atoms. The largest absolute Gasteiger partial charge is 2.00 e. The maximum absolute atomic E-state index is 4.94. The fraction of sp³-hybridized carbons (Fsp3) is 0.471. The minimum absolute atomic E-state index is 0. The van der Waals surface area contributed by atoms with Crippen molar-refractivity contribution in [3.8, 4) is 0 Å². The van der Waals surface area contributed by atoms with Crippen molar-refractivity contribution in [2.45, 2.75) is 103 Å². The van der Waals surface area contributed by atoms with Gasteiger partial charge < -0.3 is 37.9 Å². The molecule has 430 valence electrons. The SMILES string of the molecule is C1CCOC1.C1CCOC1.C1CCOC1.C1CCOC1.C1CCOC1.C1CCOC1.C1CCOC1.C1CCOC1.[Li+].[Li+].[Mn+2].[Mn+2].[c-]1ccccc1.[c-]1ccccc1.[c-]1ccccc1.[c-]1ccccc1.[c-]1ccccc1.[c-]1ccccc1. The molecule has 6 aromatic rings. The van der Waals surface area contributed by atoms with Crippen molar-refractivity contribution >= 4 is 0 Å². The summed E-state index contributed by atoms with van der Waals surface area (Å²) in [4.78, 5) is 0. The Bertz CT molecular complexity index is 1190. The Labute approximate surface area is 532 Å². The Balaban J connectivity index is -0.000000388. The van der Waals surface area contributed by atoms with Gasteiger partial charge in [0.25, 0.3) is 0 Å². The quantitative estimate of drug-likeness (QED) is 0.110. The monoisotopic (exact) mass is 1160 g/mol. The molecule has 0 atom stereocenters. The van der Waals surface area contributed by atoms with Crippen molar-refractivity contribution in [2.75, 3.05) is 106 Å². The molecule has 8 aliphatic rings. The van der Waals surface area contributed by atoms with Crippen molar-refractivity contribution in [3.05, 3.63) is 218 Å².